The number of hydrogen-bond acceptors (Lipinski definition) is 0. The predicted octanol–water partition coefficient (Wildman–Crippen LogP) is 17.5. The zero-order valence-corrected chi connectivity index (χ0v) is 37.6. The van der Waals surface area contributed by atoms with Crippen molar-refractivity contribution in [1.29, 1.82) is 0 Å². The summed E-state index contributed by atoms with van der Waals surface area (Å²) in [5, 5.41) is 18.3. The SMILES string of the molecule is C1=CCC2C(=C1)c1cccc3c4ccc5c(c6cccc7c8c(-c9ccccc9)c9c(c(-c%10ccccc%10)c8n5c76)c5cccc6c7c(ccc8c%10cccc%11c%12ccccc%12n(c%11%10)c87)n9c56)c4n2c13. The van der Waals surface area contributed by atoms with Gasteiger partial charge in [0.1, 0.15) is 0 Å². The number of benzene rings is 10. The molecule has 1 atom stereocenters. The number of allylic oxidation sites excluding steroid dienone is 4. The van der Waals surface area contributed by atoms with Gasteiger partial charge in [-0.1, -0.05) is 182 Å². The fourth-order valence-corrected chi connectivity index (χ4v) is 14.8. The molecule has 1 unspecified atom stereocenters. The van der Waals surface area contributed by atoms with Crippen LogP contribution in [-0.2, 0) is 0 Å². The highest BCUT2D eigenvalue weighted by atomic mass is 15.1. The zero-order chi connectivity index (χ0) is 44.8. The average molecular weight is 885 g/mol. The van der Waals surface area contributed by atoms with Crippen molar-refractivity contribution in [3.05, 3.63) is 206 Å². The molecule has 17 aromatic rings. The van der Waals surface area contributed by atoms with E-state index in [0.717, 1.165) is 6.42 Å². The molecular weight excluding hydrogens is 849 g/mol. The van der Waals surface area contributed by atoms with Crippen LogP contribution in [0.15, 0.2) is 200 Å². The molecule has 0 saturated carbocycles. The molecule has 70 heavy (non-hydrogen) atoms. The topological polar surface area (TPSA) is 18.2 Å². The van der Waals surface area contributed by atoms with Crippen molar-refractivity contribution in [3.8, 4) is 22.3 Å². The normalized spacial score (nSPS) is 15.3. The minimum atomic E-state index is 0.278. The van der Waals surface area contributed by atoms with Gasteiger partial charge in [-0.2, -0.15) is 0 Å². The highest BCUT2D eigenvalue weighted by molar-refractivity contribution is 6.41. The van der Waals surface area contributed by atoms with Gasteiger partial charge in [-0.15, -0.1) is 0 Å². The van der Waals surface area contributed by atoms with E-state index in [1.165, 1.54) is 169 Å². The molecule has 1 aliphatic heterocycles. The van der Waals surface area contributed by atoms with E-state index in [9.17, 15) is 0 Å². The number of nitrogens with zero attached hydrogens (tertiary/aromatic N) is 4. The van der Waals surface area contributed by atoms with Gasteiger partial charge in [0.15, 0.2) is 0 Å². The molecule has 0 saturated heterocycles. The highest BCUT2D eigenvalue weighted by Gasteiger charge is 2.35. The second-order valence-corrected chi connectivity index (χ2v) is 20.1. The minimum absolute atomic E-state index is 0.278. The first-order valence-corrected chi connectivity index (χ1v) is 24.7. The third-order valence-electron chi connectivity index (χ3n) is 17.2. The molecule has 0 radical (unpaired) electrons. The number of rotatable bonds is 2. The van der Waals surface area contributed by atoms with Crippen LogP contribution >= 0.6 is 0 Å². The molecule has 4 nitrogen and oxygen atoms in total. The number of aromatic nitrogens is 4. The Bertz CT molecular complexity index is 5300. The summed E-state index contributed by atoms with van der Waals surface area (Å²) in [6, 6.07) is 69.5. The van der Waals surface area contributed by atoms with Gasteiger partial charge in [0.2, 0.25) is 0 Å². The average Bonchev–Trinajstić information content (AvgIpc) is 4.31. The molecular formula is C66H36N4. The van der Waals surface area contributed by atoms with Gasteiger partial charge in [-0.3, -0.25) is 0 Å². The Morgan fingerprint density at radius 3 is 1.41 bits per heavy atom. The van der Waals surface area contributed by atoms with Crippen molar-refractivity contribution in [2.75, 3.05) is 0 Å². The van der Waals surface area contributed by atoms with Crippen molar-refractivity contribution < 1.29 is 0 Å². The summed E-state index contributed by atoms with van der Waals surface area (Å²) in [5.74, 6) is 0. The largest absolute Gasteiger partial charge is 0.331 e. The van der Waals surface area contributed by atoms with E-state index in [4.69, 9.17) is 0 Å². The van der Waals surface area contributed by atoms with Crippen LogP contribution in [0.4, 0.5) is 0 Å². The monoisotopic (exact) mass is 884 g/mol. The fraction of sp³-hybridized carbons (Fsp3) is 0.0303. The zero-order valence-electron chi connectivity index (χ0n) is 37.6. The van der Waals surface area contributed by atoms with Gasteiger partial charge >= 0.3 is 0 Å². The lowest BCUT2D eigenvalue weighted by molar-refractivity contribution is 0.686. The second kappa shape index (κ2) is 11.8. The Morgan fingerprint density at radius 1 is 0.314 bits per heavy atom. The maximum absolute atomic E-state index is 2.71. The van der Waals surface area contributed by atoms with Crippen molar-refractivity contribution in [2.24, 2.45) is 0 Å². The van der Waals surface area contributed by atoms with Crippen molar-refractivity contribution in [2.45, 2.75) is 12.5 Å². The van der Waals surface area contributed by atoms with Crippen molar-refractivity contribution in [1.82, 2.24) is 17.8 Å². The van der Waals surface area contributed by atoms with Crippen LogP contribution in [0.2, 0.25) is 0 Å². The Kier molecular flexibility index (Phi) is 5.89. The van der Waals surface area contributed by atoms with Crippen LogP contribution < -0.4 is 0 Å². The third kappa shape index (κ3) is 3.70. The van der Waals surface area contributed by atoms with E-state index < -0.39 is 0 Å². The smallest absolute Gasteiger partial charge is 0.0641 e. The van der Waals surface area contributed by atoms with Gasteiger partial charge < -0.3 is 17.8 Å². The lowest BCUT2D eigenvalue weighted by Crippen LogP contribution is -2.05. The van der Waals surface area contributed by atoms with Crippen LogP contribution in [0, 0.1) is 0 Å². The van der Waals surface area contributed by atoms with Crippen molar-refractivity contribution in [3.63, 3.8) is 0 Å². The van der Waals surface area contributed by atoms with Crippen LogP contribution in [0.1, 0.15) is 18.0 Å². The summed E-state index contributed by atoms with van der Waals surface area (Å²) >= 11 is 0. The van der Waals surface area contributed by atoms with Crippen LogP contribution in [0.25, 0.3) is 164 Å². The molecule has 0 spiro atoms. The van der Waals surface area contributed by atoms with E-state index in [1.807, 2.05) is 0 Å². The second-order valence-electron chi connectivity index (χ2n) is 20.1. The molecule has 2 aliphatic rings. The third-order valence-corrected chi connectivity index (χ3v) is 17.2. The highest BCUT2D eigenvalue weighted by Crippen LogP contribution is 2.57. The van der Waals surface area contributed by atoms with Gasteiger partial charge in [0, 0.05) is 92.1 Å². The summed E-state index contributed by atoms with van der Waals surface area (Å²) < 4.78 is 10.6. The maximum Gasteiger partial charge on any atom is 0.0641 e. The first-order valence-electron chi connectivity index (χ1n) is 24.7. The Balaban J connectivity index is 1.08. The summed E-state index contributed by atoms with van der Waals surface area (Å²) in [6.07, 6.45) is 7.95. The minimum Gasteiger partial charge on any atom is -0.331 e. The number of hydrogen-bond donors (Lipinski definition) is 0. The molecule has 0 amide bonds. The lowest BCUT2D eigenvalue weighted by Gasteiger charge is -2.19. The summed E-state index contributed by atoms with van der Waals surface area (Å²) in [5.41, 5.74) is 22.0. The molecule has 1 aliphatic carbocycles. The fourth-order valence-electron chi connectivity index (χ4n) is 14.8. The first-order chi connectivity index (χ1) is 34.8. The summed E-state index contributed by atoms with van der Waals surface area (Å²) in [4.78, 5) is 0. The molecule has 0 bridgehead atoms. The van der Waals surface area contributed by atoms with Gasteiger partial charge in [0.05, 0.1) is 66.7 Å². The number of fused-ring (bicyclic) bond motifs is 26. The lowest BCUT2D eigenvalue weighted by atomic mass is 9.89. The van der Waals surface area contributed by atoms with Gasteiger partial charge in [-0.05, 0) is 41.3 Å². The van der Waals surface area contributed by atoms with E-state index in [-0.39, 0.29) is 6.04 Å². The summed E-state index contributed by atoms with van der Waals surface area (Å²) in [6.45, 7) is 0. The maximum atomic E-state index is 2.71. The Labute approximate surface area is 398 Å². The van der Waals surface area contributed by atoms with Crippen LogP contribution in [-0.4, -0.2) is 17.8 Å². The molecule has 8 heterocycles. The van der Waals surface area contributed by atoms with E-state index in [0.29, 0.717) is 0 Å². The molecule has 0 fully saturated rings. The Morgan fingerprint density at radius 2 is 0.771 bits per heavy atom. The predicted molar refractivity (Wildman–Crippen MR) is 295 cm³/mol. The van der Waals surface area contributed by atoms with Gasteiger partial charge in [0.25, 0.3) is 0 Å². The first kappa shape index (κ1) is 35.1. The molecule has 7 aromatic heterocycles. The molecule has 10 aromatic carbocycles. The molecule has 4 heteroatoms. The van der Waals surface area contributed by atoms with Gasteiger partial charge in [-0.25, -0.2) is 0 Å². The number of para-hydroxylation sites is 5. The van der Waals surface area contributed by atoms with Crippen LogP contribution in [0.5, 0.6) is 0 Å². The van der Waals surface area contributed by atoms with Crippen LogP contribution in [0.3, 0.4) is 0 Å². The van der Waals surface area contributed by atoms with Crippen molar-refractivity contribution >= 4 is 142 Å². The van der Waals surface area contributed by atoms with E-state index in [2.05, 4.69) is 218 Å². The molecule has 320 valence electrons. The summed E-state index contributed by atoms with van der Waals surface area (Å²) in [7, 11) is 0. The molecule has 0 N–H and O–H groups in total. The Hall–Kier alpha value is -9.12. The van der Waals surface area contributed by atoms with E-state index in [1.54, 1.807) is 0 Å². The quantitative estimate of drug-likeness (QED) is 0.165. The van der Waals surface area contributed by atoms with E-state index >= 15 is 0 Å². The molecule has 19 rings (SSSR count). The standard InChI is InChI=1S/C66H36N4/c1-3-15-35(16-4-1)53-57-47-27-13-25-45-56-52(34-32-44-42-24-12-22-40-38-20-8-10-30-50(38)68(60(40)42)64(44)56)70(61(45)47)66(57)54(36-17-5-2-6-18-36)58-48-28-14-26-46-55-51(69(62(46)48)65(53)58)33-31-43-41-23-11-21-39-37-19-7-9-29-49(37)67(59(39)41)63(43)55/h1-29,31-34,50H,30H2.